The summed E-state index contributed by atoms with van der Waals surface area (Å²) in [5.41, 5.74) is 2.52. The Balaban J connectivity index is 1.77. The molecule has 2 nitrogen and oxygen atoms in total. The molecule has 0 aliphatic carbocycles. The maximum Gasteiger partial charge on any atom is 0.0886 e. The molecule has 1 aliphatic heterocycles. The molecule has 2 aromatic rings. The Morgan fingerprint density at radius 3 is 2.54 bits per heavy atom. The minimum atomic E-state index is -0.812. The van der Waals surface area contributed by atoms with Crippen LogP contribution in [0.4, 0.5) is 0 Å². The number of rotatable bonds is 5. The lowest BCUT2D eigenvalue weighted by Crippen LogP contribution is -2.38. The maximum atomic E-state index is 11.2. The third-order valence-corrected chi connectivity index (χ3v) is 5.25. The van der Waals surface area contributed by atoms with Gasteiger partial charge in [-0.3, -0.25) is 0 Å². The molecule has 0 saturated carbocycles. The van der Waals surface area contributed by atoms with Gasteiger partial charge >= 0.3 is 0 Å². The second-order valence-corrected chi connectivity index (χ2v) is 7.48. The van der Waals surface area contributed by atoms with Crippen LogP contribution in [0.15, 0.2) is 54.6 Å². The first-order valence-corrected chi connectivity index (χ1v) is 9.16. The molecule has 2 heteroatoms. The first-order chi connectivity index (χ1) is 11.6. The van der Waals surface area contributed by atoms with Gasteiger partial charge in [0, 0.05) is 13.1 Å². The molecular weight excluding hydrogens is 294 g/mol. The highest BCUT2D eigenvalue weighted by molar-refractivity contribution is 5.68. The molecule has 24 heavy (non-hydrogen) atoms. The van der Waals surface area contributed by atoms with E-state index in [1.807, 2.05) is 25.1 Å². The van der Waals surface area contributed by atoms with Crippen molar-refractivity contribution in [3.63, 3.8) is 0 Å². The predicted octanol–water partition coefficient (Wildman–Crippen LogP) is 4.68. The predicted molar refractivity (Wildman–Crippen MR) is 101 cm³/mol. The van der Waals surface area contributed by atoms with Crippen molar-refractivity contribution >= 4 is 0 Å². The SMILES string of the molecule is CC1CCCN(CCC(C)(O)c2ccccc2-c2ccccc2)C1. The van der Waals surface area contributed by atoms with Crippen LogP contribution in [0.1, 0.15) is 38.7 Å². The van der Waals surface area contributed by atoms with E-state index in [0.29, 0.717) is 0 Å². The third kappa shape index (κ3) is 4.06. The van der Waals surface area contributed by atoms with Gasteiger partial charge in [0.2, 0.25) is 0 Å². The van der Waals surface area contributed by atoms with Gasteiger partial charge in [0.15, 0.2) is 0 Å². The molecule has 1 saturated heterocycles. The zero-order valence-corrected chi connectivity index (χ0v) is 14.9. The van der Waals surface area contributed by atoms with Crippen LogP contribution >= 0.6 is 0 Å². The van der Waals surface area contributed by atoms with Crippen LogP contribution in [-0.4, -0.2) is 29.6 Å². The molecule has 1 heterocycles. The molecule has 0 amide bonds. The Morgan fingerprint density at radius 1 is 1.08 bits per heavy atom. The van der Waals surface area contributed by atoms with Gasteiger partial charge in [0.05, 0.1) is 5.60 Å². The summed E-state index contributed by atoms with van der Waals surface area (Å²) in [4.78, 5) is 2.51. The van der Waals surface area contributed by atoms with E-state index in [2.05, 4.69) is 48.2 Å². The van der Waals surface area contributed by atoms with Crippen molar-refractivity contribution in [1.82, 2.24) is 4.90 Å². The van der Waals surface area contributed by atoms with E-state index in [0.717, 1.165) is 36.6 Å². The largest absolute Gasteiger partial charge is 0.385 e. The fourth-order valence-corrected chi connectivity index (χ4v) is 3.82. The second kappa shape index (κ2) is 7.50. The van der Waals surface area contributed by atoms with Crippen LogP contribution < -0.4 is 0 Å². The molecule has 2 atom stereocenters. The molecule has 1 fully saturated rings. The summed E-state index contributed by atoms with van der Waals surface area (Å²) in [6.45, 7) is 7.58. The molecule has 0 radical (unpaired) electrons. The average molecular weight is 323 g/mol. The Bertz CT molecular complexity index is 650. The van der Waals surface area contributed by atoms with Gasteiger partial charge in [-0.2, -0.15) is 0 Å². The van der Waals surface area contributed by atoms with Gasteiger partial charge in [-0.1, -0.05) is 61.5 Å². The highest BCUT2D eigenvalue weighted by atomic mass is 16.3. The molecule has 1 N–H and O–H groups in total. The Labute approximate surface area is 146 Å². The van der Waals surface area contributed by atoms with E-state index in [1.54, 1.807) is 0 Å². The summed E-state index contributed by atoms with van der Waals surface area (Å²) >= 11 is 0. The van der Waals surface area contributed by atoms with Crippen molar-refractivity contribution in [2.45, 2.75) is 38.7 Å². The van der Waals surface area contributed by atoms with Crippen molar-refractivity contribution in [2.75, 3.05) is 19.6 Å². The smallest absolute Gasteiger partial charge is 0.0886 e. The number of aliphatic hydroxyl groups is 1. The van der Waals surface area contributed by atoms with Gasteiger partial charge in [0.1, 0.15) is 0 Å². The molecule has 0 spiro atoms. The lowest BCUT2D eigenvalue weighted by atomic mass is 9.85. The van der Waals surface area contributed by atoms with Crippen LogP contribution in [0.25, 0.3) is 11.1 Å². The number of nitrogens with zero attached hydrogens (tertiary/aromatic N) is 1. The number of piperidine rings is 1. The zero-order valence-electron chi connectivity index (χ0n) is 14.9. The maximum absolute atomic E-state index is 11.2. The molecule has 2 aromatic carbocycles. The monoisotopic (exact) mass is 323 g/mol. The number of hydrogen-bond donors (Lipinski definition) is 1. The topological polar surface area (TPSA) is 23.5 Å². The average Bonchev–Trinajstić information content (AvgIpc) is 2.61. The third-order valence-electron chi connectivity index (χ3n) is 5.25. The summed E-state index contributed by atoms with van der Waals surface area (Å²) in [6, 6.07) is 18.6. The van der Waals surface area contributed by atoms with E-state index >= 15 is 0 Å². The standard InChI is InChI=1S/C22H29NO/c1-18-9-8-15-23(17-18)16-14-22(2,24)21-13-7-6-12-20(21)19-10-4-3-5-11-19/h3-7,10-13,18,24H,8-9,14-17H2,1-2H3. The van der Waals surface area contributed by atoms with Crippen LogP contribution in [0.5, 0.6) is 0 Å². The molecule has 1 aliphatic rings. The number of benzene rings is 2. The molecule has 2 unspecified atom stereocenters. The second-order valence-electron chi connectivity index (χ2n) is 7.48. The van der Waals surface area contributed by atoms with E-state index in [9.17, 15) is 5.11 Å². The van der Waals surface area contributed by atoms with Crippen molar-refractivity contribution in [3.8, 4) is 11.1 Å². The first-order valence-electron chi connectivity index (χ1n) is 9.16. The molecule has 3 rings (SSSR count). The van der Waals surface area contributed by atoms with Gasteiger partial charge in [-0.25, -0.2) is 0 Å². The lowest BCUT2D eigenvalue weighted by Gasteiger charge is -2.34. The van der Waals surface area contributed by atoms with E-state index in [1.165, 1.54) is 24.9 Å². The van der Waals surface area contributed by atoms with E-state index < -0.39 is 5.60 Å². The van der Waals surface area contributed by atoms with Gasteiger partial charge in [-0.05, 0) is 55.3 Å². The molecule has 0 bridgehead atoms. The molecule has 0 aromatic heterocycles. The quantitative estimate of drug-likeness (QED) is 0.863. The molecule has 128 valence electrons. The Hall–Kier alpha value is -1.64. The summed E-state index contributed by atoms with van der Waals surface area (Å²) in [5, 5.41) is 11.2. The highest BCUT2D eigenvalue weighted by Crippen LogP contribution is 2.34. The minimum Gasteiger partial charge on any atom is -0.385 e. The van der Waals surface area contributed by atoms with Crippen molar-refractivity contribution in [2.24, 2.45) is 5.92 Å². The van der Waals surface area contributed by atoms with Crippen LogP contribution in [0.3, 0.4) is 0 Å². The first kappa shape index (κ1) is 17.2. The summed E-state index contributed by atoms with van der Waals surface area (Å²) < 4.78 is 0. The Kier molecular flexibility index (Phi) is 5.37. The number of likely N-dealkylation sites (tertiary alicyclic amines) is 1. The normalized spacial score (nSPS) is 21.4. The minimum absolute atomic E-state index is 0.767. The zero-order chi connectivity index (χ0) is 17.0. The van der Waals surface area contributed by atoms with E-state index in [-0.39, 0.29) is 0 Å². The van der Waals surface area contributed by atoms with E-state index in [4.69, 9.17) is 0 Å². The number of hydrogen-bond acceptors (Lipinski definition) is 2. The van der Waals surface area contributed by atoms with Crippen LogP contribution in [0.2, 0.25) is 0 Å². The Morgan fingerprint density at radius 2 is 1.79 bits per heavy atom. The van der Waals surface area contributed by atoms with Gasteiger partial charge in [0.25, 0.3) is 0 Å². The summed E-state index contributed by atoms with van der Waals surface area (Å²) in [5.74, 6) is 0.778. The van der Waals surface area contributed by atoms with Gasteiger partial charge in [-0.15, -0.1) is 0 Å². The fraction of sp³-hybridized carbons (Fsp3) is 0.455. The van der Waals surface area contributed by atoms with Gasteiger partial charge < -0.3 is 10.0 Å². The fourth-order valence-electron chi connectivity index (χ4n) is 3.82. The van der Waals surface area contributed by atoms with Crippen molar-refractivity contribution < 1.29 is 5.11 Å². The van der Waals surface area contributed by atoms with Crippen molar-refractivity contribution in [3.05, 3.63) is 60.2 Å². The lowest BCUT2D eigenvalue weighted by molar-refractivity contribution is 0.0314. The van der Waals surface area contributed by atoms with Crippen molar-refractivity contribution in [1.29, 1.82) is 0 Å². The summed E-state index contributed by atoms with van der Waals surface area (Å²) in [7, 11) is 0. The molecular formula is C22H29NO. The van der Waals surface area contributed by atoms with Crippen LogP contribution in [0, 0.1) is 5.92 Å². The van der Waals surface area contributed by atoms with Crippen LogP contribution in [-0.2, 0) is 5.60 Å². The summed E-state index contributed by atoms with van der Waals surface area (Å²) in [6.07, 6.45) is 3.39. The highest BCUT2D eigenvalue weighted by Gasteiger charge is 2.27.